The van der Waals surface area contributed by atoms with Gasteiger partial charge in [-0.25, -0.2) is 0 Å². The quantitative estimate of drug-likeness (QED) is 0.856. The van der Waals surface area contributed by atoms with Crippen LogP contribution in [-0.2, 0) is 6.54 Å². The molecule has 0 amide bonds. The van der Waals surface area contributed by atoms with Crippen LogP contribution in [-0.4, -0.2) is 18.3 Å². The Kier molecular flexibility index (Phi) is 4.70. The number of ether oxygens (including phenoxy) is 1. The van der Waals surface area contributed by atoms with E-state index < -0.39 is 0 Å². The van der Waals surface area contributed by atoms with Gasteiger partial charge in [0.05, 0.1) is 7.11 Å². The van der Waals surface area contributed by atoms with Gasteiger partial charge in [-0.1, -0.05) is 20.3 Å². The van der Waals surface area contributed by atoms with E-state index in [1.165, 1.54) is 19.3 Å². The van der Waals surface area contributed by atoms with Gasteiger partial charge in [0, 0.05) is 18.2 Å². The second-order valence-electron chi connectivity index (χ2n) is 5.59. The normalized spacial score (nSPS) is 26.6. The van der Waals surface area contributed by atoms with E-state index in [4.69, 9.17) is 4.74 Å². The topological polar surface area (TPSA) is 41.5 Å². The van der Waals surface area contributed by atoms with Crippen LogP contribution in [0.2, 0.25) is 0 Å². The van der Waals surface area contributed by atoms with Crippen molar-refractivity contribution >= 4 is 0 Å². The van der Waals surface area contributed by atoms with E-state index in [0.29, 0.717) is 18.3 Å². The van der Waals surface area contributed by atoms with Crippen LogP contribution in [0.25, 0.3) is 0 Å². The molecule has 106 valence electrons. The molecular weight excluding hydrogens is 238 g/mol. The van der Waals surface area contributed by atoms with E-state index in [0.717, 1.165) is 23.1 Å². The van der Waals surface area contributed by atoms with Gasteiger partial charge in [-0.2, -0.15) is 0 Å². The lowest BCUT2D eigenvalue weighted by molar-refractivity contribution is 0.342. The van der Waals surface area contributed by atoms with Gasteiger partial charge in [-0.3, -0.25) is 0 Å². The molecule has 1 aliphatic rings. The number of phenolic OH excluding ortho intramolecular Hbond substituents is 1. The lowest BCUT2D eigenvalue weighted by Crippen LogP contribution is -2.32. The summed E-state index contributed by atoms with van der Waals surface area (Å²) in [5.41, 5.74) is 0.909. The minimum atomic E-state index is 0.339. The zero-order valence-corrected chi connectivity index (χ0v) is 12.1. The molecule has 2 rings (SSSR count). The molecule has 1 saturated carbocycles. The fraction of sp³-hybridized carbons (Fsp3) is 0.625. The minimum Gasteiger partial charge on any atom is -0.508 e. The minimum absolute atomic E-state index is 0.339. The molecule has 0 heterocycles. The molecule has 0 saturated heterocycles. The second kappa shape index (κ2) is 6.29. The van der Waals surface area contributed by atoms with Crippen molar-refractivity contribution < 1.29 is 9.84 Å². The van der Waals surface area contributed by atoms with E-state index in [1.807, 2.05) is 6.07 Å². The summed E-state index contributed by atoms with van der Waals surface area (Å²) in [5.74, 6) is 2.70. The molecule has 3 atom stereocenters. The molecule has 3 nitrogen and oxygen atoms in total. The molecule has 1 fully saturated rings. The highest BCUT2D eigenvalue weighted by Gasteiger charge is 2.30. The predicted octanol–water partition coefficient (Wildman–Crippen LogP) is 3.32. The van der Waals surface area contributed by atoms with Gasteiger partial charge in [0.25, 0.3) is 0 Å². The first-order valence-corrected chi connectivity index (χ1v) is 7.25. The Morgan fingerprint density at radius 1 is 1.37 bits per heavy atom. The van der Waals surface area contributed by atoms with Gasteiger partial charge >= 0.3 is 0 Å². The molecule has 0 aromatic heterocycles. The van der Waals surface area contributed by atoms with Crippen molar-refractivity contribution in [3.8, 4) is 11.5 Å². The molecule has 1 aromatic carbocycles. The Labute approximate surface area is 116 Å². The molecule has 1 aliphatic carbocycles. The first-order chi connectivity index (χ1) is 9.15. The summed E-state index contributed by atoms with van der Waals surface area (Å²) in [6.07, 6.45) is 3.83. The lowest BCUT2D eigenvalue weighted by Gasteiger charge is -2.21. The number of hydrogen-bond acceptors (Lipinski definition) is 3. The highest BCUT2D eigenvalue weighted by atomic mass is 16.5. The summed E-state index contributed by atoms with van der Waals surface area (Å²) < 4.78 is 5.20. The van der Waals surface area contributed by atoms with Crippen LogP contribution in [0.1, 0.15) is 38.7 Å². The summed E-state index contributed by atoms with van der Waals surface area (Å²) in [4.78, 5) is 0. The van der Waals surface area contributed by atoms with Crippen molar-refractivity contribution in [2.75, 3.05) is 7.11 Å². The first kappa shape index (κ1) is 14.2. The monoisotopic (exact) mass is 263 g/mol. The van der Waals surface area contributed by atoms with E-state index >= 15 is 0 Å². The summed E-state index contributed by atoms with van der Waals surface area (Å²) >= 11 is 0. The first-order valence-electron chi connectivity index (χ1n) is 7.25. The van der Waals surface area contributed by atoms with E-state index in [1.54, 1.807) is 19.2 Å². The molecule has 19 heavy (non-hydrogen) atoms. The van der Waals surface area contributed by atoms with E-state index in [2.05, 4.69) is 19.2 Å². The van der Waals surface area contributed by atoms with Crippen molar-refractivity contribution in [1.29, 1.82) is 0 Å². The van der Waals surface area contributed by atoms with Gasteiger partial charge in [-0.05, 0) is 42.9 Å². The fourth-order valence-corrected chi connectivity index (χ4v) is 3.18. The van der Waals surface area contributed by atoms with Gasteiger partial charge in [0.2, 0.25) is 0 Å². The van der Waals surface area contributed by atoms with Crippen LogP contribution in [0.4, 0.5) is 0 Å². The van der Waals surface area contributed by atoms with Gasteiger partial charge in [-0.15, -0.1) is 0 Å². The molecule has 0 radical (unpaired) electrons. The third-order valence-electron chi connectivity index (χ3n) is 4.59. The molecule has 0 aliphatic heterocycles. The Morgan fingerprint density at radius 2 is 2.16 bits per heavy atom. The molecule has 2 N–H and O–H groups in total. The number of hydrogen-bond donors (Lipinski definition) is 2. The molecule has 0 spiro atoms. The zero-order valence-electron chi connectivity index (χ0n) is 12.1. The number of phenols is 1. The summed E-state index contributed by atoms with van der Waals surface area (Å²) in [6, 6.07) is 5.95. The van der Waals surface area contributed by atoms with Crippen LogP contribution < -0.4 is 10.1 Å². The van der Waals surface area contributed by atoms with Crippen molar-refractivity contribution in [3.63, 3.8) is 0 Å². The van der Waals surface area contributed by atoms with E-state index in [9.17, 15) is 5.11 Å². The maximum atomic E-state index is 9.87. The lowest BCUT2D eigenvalue weighted by atomic mass is 9.93. The van der Waals surface area contributed by atoms with Gasteiger partial charge in [0.15, 0.2) is 0 Å². The predicted molar refractivity (Wildman–Crippen MR) is 77.5 cm³/mol. The Balaban J connectivity index is 1.95. The number of rotatable bonds is 5. The van der Waals surface area contributed by atoms with Crippen LogP contribution in [0.5, 0.6) is 11.5 Å². The Bertz CT molecular complexity index is 419. The standard InChI is InChI=1S/C16H25NO2/c1-4-12-5-7-15(11(12)2)17-10-13-9-14(19-3)6-8-16(13)18/h6,8-9,11-12,15,17-18H,4-5,7,10H2,1-3H3. The maximum Gasteiger partial charge on any atom is 0.120 e. The Hall–Kier alpha value is -1.22. The molecule has 1 aromatic rings. The summed E-state index contributed by atoms with van der Waals surface area (Å²) in [7, 11) is 1.65. The third kappa shape index (κ3) is 3.21. The molecule has 3 heteroatoms. The van der Waals surface area contributed by atoms with Crippen molar-refractivity contribution in [2.24, 2.45) is 11.8 Å². The number of nitrogens with one attached hydrogen (secondary N) is 1. The van der Waals surface area contributed by atoms with Crippen LogP contribution >= 0.6 is 0 Å². The fourth-order valence-electron chi connectivity index (χ4n) is 3.18. The molecule has 3 unspecified atom stereocenters. The van der Waals surface area contributed by atoms with Gasteiger partial charge < -0.3 is 15.2 Å². The average Bonchev–Trinajstić information content (AvgIpc) is 2.78. The Morgan fingerprint density at radius 3 is 2.79 bits per heavy atom. The van der Waals surface area contributed by atoms with Crippen molar-refractivity contribution in [1.82, 2.24) is 5.32 Å². The van der Waals surface area contributed by atoms with Crippen molar-refractivity contribution in [3.05, 3.63) is 23.8 Å². The third-order valence-corrected chi connectivity index (χ3v) is 4.59. The summed E-state index contributed by atoms with van der Waals surface area (Å²) in [5, 5.41) is 13.5. The average molecular weight is 263 g/mol. The van der Waals surface area contributed by atoms with Crippen LogP contribution in [0, 0.1) is 11.8 Å². The highest BCUT2D eigenvalue weighted by molar-refractivity contribution is 5.39. The number of aromatic hydroxyl groups is 1. The smallest absolute Gasteiger partial charge is 0.120 e. The zero-order chi connectivity index (χ0) is 13.8. The van der Waals surface area contributed by atoms with E-state index in [-0.39, 0.29) is 0 Å². The van der Waals surface area contributed by atoms with Gasteiger partial charge in [0.1, 0.15) is 11.5 Å². The summed E-state index contributed by atoms with van der Waals surface area (Å²) in [6.45, 7) is 5.32. The number of methoxy groups -OCH3 is 1. The SMILES string of the molecule is CCC1CCC(NCc2cc(OC)ccc2O)C1C. The number of benzene rings is 1. The van der Waals surface area contributed by atoms with Crippen LogP contribution in [0.3, 0.4) is 0 Å². The largest absolute Gasteiger partial charge is 0.508 e. The second-order valence-corrected chi connectivity index (χ2v) is 5.59. The highest BCUT2D eigenvalue weighted by Crippen LogP contribution is 2.34. The maximum absolute atomic E-state index is 9.87. The van der Waals surface area contributed by atoms with Crippen LogP contribution in [0.15, 0.2) is 18.2 Å². The molecule has 0 bridgehead atoms. The molecular formula is C16H25NO2. The van der Waals surface area contributed by atoms with Crippen molar-refractivity contribution in [2.45, 2.75) is 45.7 Å².